The number of para-hydroxylation sites is 1. The number of ether oxygens (including phenoxy) is 1. The molecule has 17 heavy (non-hydrogen) atoms. The van der Waals surface area contributed by atoms with Gasteiger partial charge in [0.25, 0.3) is 0 Å². The minimum atomic E-state index is 0.255. The molecular formula is C15H25NO. The van der Waals surface area contributed by atoms with Crippen molar-refractivity contribution < 1.29 is 4.74 Å². The van der Waals surface area contributed by atoms with Crippen molar-refractivity contribution in [1.82, 2.24) is 5.32 Å². The lowest BCUT2D eigenvalue weighted by Crippen LogP contribution is -2.36. The van der Waals surface area contributed by atoms with Crippen molar-refractivity contribution in [3.63, 3.8) is 0 Å². The second-order valence-corrected chi connectivity index (χ2v) is 4.63. The van der Waals surface area contributed by atoms with Gasteiger partial charge in [-0.05, 0) is 38.3 Å². The summed E-state index contributed by atoms with van der Waals surface area (Å²) in [7, 11) is 0. The van der Waals surface area contributed by atoms with E-state index in [1.165, 1.54) is 5.56 Å². The van der Waals surface area contributed by atoms with Crippen LogP contribution in [0.1, 0.15) is 39.2 Å². The van der Waals surface area contributed by atoms with Gasteiger partial charge in [-0.2, -0.15) is 0 Å². The Hall–Kier alpha value is -1.02. The zero-order valence-electron chi connectivity index (χ0n) is 11.5. The average Bonchev–Trinajstić information content (AvgIpc) is 2.36. The van der Waals surface area contributed by atoms with Crippen molar-refractivity contribution in [2.75, 3.05) is 6.54 Å². The molecule has 96 valence electrons. The molecule has 0 amide bonds. The molecule has 0 aliphatic heterocycles. The minimum Gasteiger partial charge on any atom is -0.489 e. The van der Waals surface area contributed by atoms with Gasteiger partial charge in [-0.1, -0.05) is 32.0 Å². The SMILES string of the molecule is CCC(C)NCC(CC)Oc1ccccc1C. The quantitative estimate of drug-likeness (QED) is 0.780. The Balaban J connectivity index is 2.49. The minimum absolute atomic E-state index is 0.255. The number of hydrogen-bond acceptors (Lipinski definition) is 2. The topological polar surface area (TPSA) is 21.3 Å². The molecule has 1 aromatic rings. The van der Waals surface area contributed by atoms with E-state index >= 15 is 0 Å². The first-order chi connectivity index (χ1) is 8.17. The number of rotatable bonds is 7. The van der Waals surface area contributed by atoms with Gasteiger partial charge in [0.05, 0.1) is 0 Å². The van der Waals surface area contributed by atoms with Crippen molar-refractivity contribution in [1.29, 1.82) is 0 Å². The van der Waals surface area contributed by atoms with Gasteiger partial charge in [-0.15, -0.1) is 0 Å². The van der Waals surface area contributed by atoms with Crippen LogP contribution in [-0.4, -0.2) is 18.7 Å². The van der Waals surface area contributed by atoms with E-state index in [0.717, 1.165) is 25.1 Å². The second-order valence-electron chi connectivity index (χ2n) is 4.63. The Morgan fingerprint density at radius 3 is 2.47 bits per heavy atom. The van der Waals surface area contributed by atoms with Crippen LogP contribution < -0.4 is 10.1 Å². The molecule has 0 fully saturated rings. The summed E-state index contributed by atoms with van der Waals surface area (Å²) < 4.78 is 6.03. The molecule has 1 aromatic carbocycles. The molecule has 0 spiro atoms. The van der Waals surface area contributed by atoms with Gasteiger partial charge in [-0.3, -0.25) is 0 Å². The molecule has 0 saturated carbocycles. The summed E-state index contributed by atoms with van der Waals surface area (Å²) in [5.74, 6) is 1.00. The molecule has 0 bridgehead atoms. The summed E-state index contributed by atoms with van der Waals surface area (Å²) in [6.45, 7) is 9.58. The van der Waals surface area contributed by atoms with Crippen LogP contribution in [0.4, 0.5) is 0 Å². The van der Waals surface area contributed by atoms with Gasteiger partial charge in [0.1, 0.15) is 11.9 Å². The predicted octanol–water partition coefficient (Wildman–Crippen LogP) is 3.54. The van der Waals surface area contributed by atoms with E-state index in [1.54, 1.807) is 0 Å². The number of nitrogens with one attached hydrogen (secondary N) is 1. The Bertz CT molecular complexity index is 324. The van der Waals surface area contributed by atoms with E-state index in [4.69, 9.17) is 4.74 Å². The van der Waals surface area contributed by atoms with E-state index in [0.29, 0.717) is 6.04 Å². The maximum atomic E-state index is 6.03. The van der Waals surface area contributed by atoms with Gasteiger partial charge in [0.15, 0.2) is 0 Å². The largest absolute Gasteiger partial charge is 0.489 e. The zero-order valence-corrected chi connectivity index (χ0v) is 11.5. The number of aryl methyl sites for hydroxylation is 1. The van der Waals surface area contributed by atoms with Crippen molar-refractivity contribution in [3.8, 4) is 5.75 Å². The summed E-state index contributed by atoms with van der Waals surface area (Å²) in [6, 6.07) is 8.76. The normalized spacial score (nSPS) is 14.4. The highest BCUT2D eigenvalue weighted by atomic mass is 16.5. The highest BCUT2D eigenvalue weighted by Crippen LogP contribution is 2.18. The molecule has 1 rings (SSSR count). The first kappa shape index (κ1) is 14.0. The third-order valence-electron chi connectivity index (χ3n) is 3.15. The molecule has 2 heteroatoms. The Kier molecular flexibility index (Phi) is 6.06. The Labute approximate surface area is 105 Å². The van der Waals surface area contributed by atoms with E-state index < -0.39 is 0 Å². The van der Waals surface area contributed by atoms with Gasteiger partial charge >= 0.3 is 0 Å². The van der Waals surface area contributed by atoms with E-state index in [1.807, 2.05) is 18.2 Å². The monoisotopic (exact) mass is 235 g/mol. The van der Waals surface area contributed by atoms with Crippen LogP contribution in [0.2, 0.25) is 0 Å². The highest BCUT2D eigenvalue weighted by Gasteiger charge is 2.10. The summed E-state index contributed by atoms with van der Waals surface area (Å²) in [5, 5.41) is 3.50. The van der Waals surface area contributed by atoms with Crippen LogP contribution in [0, 0.1) is 6.92 Å². The van der Waals surface area contributed by atoms with Crippen molar-refractivity contribution >= 4 is 0 Å². The van der Waals surface area contributed by atoms with Crippen LogP contribution >= 0.6 is 0 Å². The lowest BCUT2D eigenvalue weighted by molar-refractivity contribution is 0.187. The molecule has 0 heterocycles. The third-order valence-corrected chi connectivity index (χ3v) is 3.15. The summed E-state index contributed by atoms with van der Waals surface area (Å²) >= 11 is 0. The van der Waals surface area contributed by atoms with E-state index in [2.05, 4.69) is 39.1 Å². The lowest BCUT2D eigenvalue weighted by Gasteiger charge is -2.21. The summed E-state index contributed by atoms with van der Waals surface area (Å²) in [6.07, 6.45) is 2.43. The van der Waals surface area contributed by atoms with Crippen molar-refractivity contribution in [3.05, 3.63) is 29.8 Å². The number of benzene rings is 1. The summed E-state index contributed by atoms with van der Waals surface area (Å²) in [4.78, 5) is 0. The molecule has 0 aliphatic rings. The van der Waals surface area contributed by atoms with Gasteiger partial charge in [0.2, 0.25) is 0 Å². The fraction of sp³-hybridized carbons (Fsp3) is 0.600. The van der Waals surface area contributed by atoms with Gasteiger partial charge in [-0.25, -0.2) is 0 Å². The first-order valence-electron chi connectivity index (χ1n) is 6.63. The lowest BCUT2D eigenvalue weighted by atomic mass is 10.2. The molecule has 1 N–H and O–H groups in total. The van der Waals surface area contributed by atoms with Crippen LogP contribution in [0.3, 0.4) is 0 Å². The smallest absolute Gasteiger partial charge is 0.122 e. The molecule has 0 aromatic heterocycles. The fourth-order valence-electron chi connectivity index (χ4n) is 1.61. The molecule has 0 radical (unpaired) electrons. The van der Waals surface area contributed by atoms with Crippen LogP contribution in [0.25, 0.3) is 0 Å². The van der Waals surface area contributed by atoms with E-state index in [-0.39, 0.29) is 6.10 Å². The van der Waals surface area contributed by atoms with Crippen LogP contribution in [0.5, 0.6) is 5.75 Å². The second kappa shape index (κ2) is 7.33. The Morgan fingerprint density at radius 2 is 1.88 bits per heavy atom. The molecular weight excluding hydrogens is 210 g/mol. The number of hydrogen-bond donors (Lipinski definition) is 1. The zero-order chi connectivity index (χ0) is 12.7. The molecule has 2 unspecified atom stereocenters. The van der Waals surface area contributed by atoms with Crippen LogP contribution in [-0.2, 0) is 0 Å². The van der Waals surface area contributed by atoms with E-state index in [9.17, 15) is 0 Å². The standard InChI is InChI=1S/C15H25NO/c1-5-13(4)16-11-14(6-2)17-15-10-8-7-9-12(15)3/h7-10,13-14,16H,5-6,11H2,1-4H3. The maximum absolute atomic E-state index is 6.03. The van der Waals surface area contributed by atoms with Gasteiger partial charge < -0.3 is 10.1 Å². The van der Waals surface area contributed by atoms with Gasteiger partial charge in [0, 0.05) is 12.6 Å². The van der Waals surface area contributed by atoms with Crippen LogP contribution in [0.15, 0.2) is 24.3 Å². The summed E-state index contributed by atoms with van der Waals surface area (Å²) in [5.41, 5.74) is 1.20. The maximum Gasteiger partial charge on any atom is 0.122 e. The molecule has 2 atom stereocenters. The highest BCUT2D eigenvalue weighted by molar-refractivity contribution is 5.31. The molecule has 2 nitrogen and oxygen atoms in total. The Morgan fingerprint density at radius 1 is 1.18 bits per heavy atom. The fourth-order valence-corrected chi connectivity index (χ4v) is 1.61. The van der Waals surface area contributed by atoms with Crippen molar-refractivity contribution in [2.45, 2.75) is 52.7 Å². The third kappa shape index (κ3) is 4.78. The first-order valence-corrected chi connectivity index (χ1v) is 6.63. The predicted molar refractivity (Wildman–Crippen MR) is 73.6 cm³/mol. The molecule has 0 saturated heterocycles. The molecule has 0 aliphatic carbocycles. The average molecular weight is 235 g/mol. The van der Waals surface area contributed by atoms with Crippen molar-refractivity contribution in [2.24, 2.45) is 0 Å².